The quantitative estimate of drug-likeness (QED) is 0.575. The fourth-order valence-electron chi connectivity index (χ4n) is 1.96. The van der Waals surface area contributed by atoms with Gasteiger partial charge in [0, 0.05) is 5.56 Å². The number of aryl methyl sites for hydroxylation is 1. The van der Waals surface area contributed by atoms with Crippen molar-refractivity contribution in [1.29, 1.82) is 0 Å². The topological polar surface area (TPSA) is 102 Å². The molecule has 0 aliphatic heterocycles. The van der Waals surface area contributed by atoms with Crippen LogP contribution in [0.4, 0.5) is 0 Å². The first-order chi connectivity index (χ1) is 11.8. The molecule has 2 rings (SSSR count). The van der Waals surface area contributed by atoms with E-state index in [-0.39, 0.29) is 22.8 Å². The SMILES string of the molecule is CC(=O)c1cccc(S(=O)(=O)NNC(=O)COc2ccccc2C)c1. The molecule has 8 heteroatoms. The van der Waals surface area contributed by atoms with Gasteiger partial charge in [0.2, 0.25) is 0 Å². The zero-order valence-corrected chi connectivity index (χ0v) is 14.6. The Morgan fingerprint density at radius 2 is 1.80 bits per heavy atom. The molecule has 0 aromatic heterocycles. The van der Waals surface area contributed by atoms with Crippen molar-refractivity contribution in [3.63, 3.8) is 0 Å². The van der Waals surface area contributed by atoms with Gasteiger partial charge in [0.15, 0.2) is 12.4 Å². The maximum atomic E-state index is 12.2. The largest absolute Gasteiger partial charge is 0.483 e. The number of carbonyl (C=O) groups is 2. The average Bonchev–Trinajstić information content (AvgIpc) is 2.59. The summed E-state index contributed by atoms with van der Waals surface area (Å²) < 4.78 is 29.7. The van der Waals surface area contributed by atoms with Gasteiger partial charge in [0.25, 0.3) is 15.9 Å². The fourth-order valence-corrected chi connectivity index (χ4v) is 2.87. The number of hydrogen-bond donors (Lipinski definition) is 2. The van der Waals surface area contributed by atoms with Gasteiger partial charge in [0.05, 0.1) is 4.90 Å². The van der Waals surface area contributed by atoms with Gasteiger partial charge in [-0.2, -0.15) is 0 Å². The summed E-state index contributed by atoms with van der Waals surface area (Å²) in [5, 5.41) is 0. The normalized spacial score (nSPS) is 11.0. The van der Waals surface area contributed by atoms with Crippen LogP contribution in [0.3, 0.4) is 0 Å². The monoisotopic (exact) mass is 362 g/mol. The van der Waals surface area contributed by atoms with E-state index in [1.54, 1.807) is 12.1 Å². The van der Waals surface area contributed by atoms with Gasteiger partial charge in [-0.05, 0) is 37.6 Å². The van der Waals surface area contributed by atoms with Crippen LogP contribution in [0.1, 0.15) is 22.8 Å². The maximum absolute atomic E-state index is 12.2. The average molecular weight is 362 g/mol. The first-order valence-corrected chi connectivity index (χ1v) is 8.88. The molecule has 0 heterocycles. The van der Waals surface area contributed by atoms with Gasteiger partial charge < -0.3 is 4.74 Å². The summed E-state index contributed by atoms with van der Waals surface area (Å²) in [6.07, 6.45) is 0. The van der Waals surface area contributed by atoms with Crippen molar-refractivity contribution in [3.05, 3.63) is 59.7 Å². The highest BCUT2D eigenvalue weighted by Gasteiger charge is 2.16. The van der Waals surface area contributed by atoms with E-state index in [4.69, 9.17) is 4.74 Å². The third-order valence-corrected chi connectivity index (χ3v) is 4.57. The van der Waals surface area contributed by atoms with Crippen molar-refractivity contribution in [2.75, 3.05) is 6.61 Å². The van der Waals surface area contributed by atoms with Crippen LogP contribution in [-0.2, 0) is 14.8 Å². The molecule has 2 aromatic carbocycles. The highest BCUT2D eigenvalue weighted by molar-refractivity contribution is 7.89. The molecule has 0 atom stereocenters. The molecule has 0 spiro atoms. The minimum absolute atomic E-state index is 0.125. The Labute approximate surface area is 146 Å². The van der Waals surface area contributed by atoms with Crippen LogP contribution in [0.2, 0.25) is 0 Å². The Balaban J connectivity index is 1.95. The third kappa shape index (κ3) is 5.13. The summed E-state index contributed by atoms with van der Waals surface area (Å²) in [5.41, 5.74) is 3.19. The van der Waals surface area contributed by atoms with Crippen LogP contribution in [0.15, 0.2) is 53.4 Å². The summed E-state index contributed by atoms with van der Waals surface area (Å²) in [6.45, 7) is 2.82. The van der Waals surface area contributed by atoms with Gasteiger partial charge in [-0.25, -0.2) is 8.42 Å². The van der Waals surface area contributed by atoms with Gasteiger partial charge in [-0.15, -0.1) is 4.83 Å². The van der Waals surface area contributed by atoms with E-state index in [9.17, 15) is 18.0 Å². The van der Waals surface area contributed by atoms with E-state index in [0.29, 0.717) is 5.75 Å². The highest BCUT2D eigenvalue weighted by Crippen LogP contribution is 2.15. The van der Waals surface area contributed by atoms with E-state index in [0.717, 1.165) is 5.56 Å². The van der Waals surface area contributed by atoms with Gasteiger partial charge >= 0.3 is 0 Å². The number of ether oxygens (including phenoxy) is 1. The Bertz CT molecular complexity index is 893. The number of hydrazine groups is 1. The van der Waals surface area contributed by atoms with Gasteiger partial charge in [-0.1, -0.05) is 30.3 Å². The minimum atomic E-state index is -3.99. The number of Topliss-reactive ketones (excluding diaryl/α,β-unsaturated/α-hetero) is 1. The first-order valence-electron chi connectivity index (χ1n) is 7.39. The number of ketones is 1. The molecule has 0 aliphatic rings. The number of carbonyl (C=O) groups excluding carboxylic acids is 2. The van der Waals surface area contributed by atoms with Gasteiger partial charge in [0.1, 0.15) is 5.75 Å². The molecule has 0 aliphatic carbocycles. The van der Waals surface area contributed by atoms with Crippen molar-refractivity contribution < 1.29 is 22.7 Å². The molecule has 2 N–H and O–H groups in total. The zero-order chi connectivity index (χ0) is 18.4. The summed E-state index contributed by atoms with van der Waals surface area (Å²) in [5.74, 6) is -0.378. The minimum Gasteiger partial charge on any atom is -0.483 e. The lowest BCUT2D eigenvalue weighted by Crippen LogP contribution is -2.43. The molecule has 0 bridgehead atoms. The standard InChI is InChI=1S/C17H18N2O5S/c1-12-6-3-4-9-16(12)24-11-17(21)18-19-25(22,23)15-8-5-7-14(10-15)13(2)20/h3-10,19H,11H2,1-2H3,(H,18,21). The lowest BCUT2D eigenvalue weighted by Gasteiger charge is -2.11. The molecular weight excluding hydrogens is 344 g/mol. The number of hydrogen-bond acceptors (Lipinski definition) is 5. The maximum Gasteiger partial charge on any atom is 0.272 e. The number of nitrogens with one attached hydrogen (secondary N) is 2. The molecule has 7 nitrogen and oxygen atoms in total. The van der Waals surface area contributed by atoms with Crippen LogP contribution in [0.5, 0.6) is 5.75 Å². The van der Waals surface area contributed by atoms with E-state index < -0.39 is 15.9 Å². The second-order valence-corrected chi connectivity index (χ2v) is 6.97. The third-order valence-electron chi connectivity index (χ3n) is 3.33. The van der Waals surface area contributed by atoms with Crippen molar-refractivity contribution in [1.82, 2.24) is 10.3 Å². The number of para-hydroxylation sites is 1. The molecule has 1 amide bonds. The molecule has 132 valence electrons. The van der Waals surface area contributed by atoms with Crippen LogP contribution >= 0.6 is 0 Å². The first kappa shape index (κ1) is 18.6. The van der Waals surface area contributed by atoms with Crippen LogP contribution in [0, 0.1) is 6.92 Å². The lowest BCUT2D eigenvalue weighted by atomic mass is 10.2. The van der Waals surface area contributed by atoms with Crippen molar-refractivity contribution in [2.45, 2.75) is 18.7 Å². The Hall–Kier alpha value is -2.71. The number of amides is 1. The predicted octanol–water partition coefficient (Wildman–Crippen LogP) is 1.59. The molecule has 0 radical (unpaired) electrons. The molecule has 0 saturated carbocycles. The van der Waals surface area contributed by atoms with Crippen LogP contribution in [0.25, 0.3) is 0 Å². The number of benzene rings is 2. The van der Waals surface area contributed by atoms with Crippen LogP contribution < -0.4 is 15.0 Å². The molecule has 0 unspecified atom stereocenters. The molecule has 0 saturated heterocycles. The molecule has 25 heavy (non-hydrogen) atoms. The predicted molar refractivity (Wildman–Crippen MR) is 91.6 cm³/mol. The summed E-state index contributed by atoms with van der Waals surface area (Å²) in [7, 11) is -3.99. The zero-order valence-electron chi connectivity index (χ0n) is 13.8. The summed E-state index contributed by atoms with van der Waals surface area (Å²) in [4.78, 5) is 24.9. The van der Waals surface area contributed by atoms with E-state index in [1.165, 1.54) is 31.2 Å². The molecule has 2 aromatic rings. The van der Waals surface area contributed by atoms with E-state index in [2.05, 4.69) is 5.43 Å². The van der Waals surface area contributed by atoms with E-state index in [1.807, 2.05) is 23.9 Å². The second-order valence-electron chi connectivity index (χ2n) is 5.29. The van der Waals surface area contributed by atoms with Crippen molar-refractivity contribution >= 4 is 21.7 Å². The number of sulfonamides is 1. The Morgan fingerprint density at radius 1 is 1.08 bits per heavy atom. The van der Waals surface area contributed by atoms with Crippen molar-refractivity contribution in [3.8, 4) is 5.75 Å². The number of rotatable bonds is 7. The Kier molecular flexibility index (Phi) is 5.89. The molecular formula is C17H18N2O5S. The summed E-state index contributed by atoms with van der Waals surface area (Å²) in [6, 6.07) is 12.7. The van der Waals surface area contributed by atoms with Crippen LogP contribution in [-0.4, -0.2) is 26.7 Å². The summed E-state index contributed by atoms with van der Waals surface area (Å²) >= 11 is 0. The fraction of sp³-hybridized carbons (Fsp3) is 0.176. The molecule has 0 fully saturated rings. The lowest BCUT2D eigenvalue weighted by molar-refractivity contribution is -0.123. The highest BCUT2D eigenvalue weighted by atomic mass is 32.2. The Morgan fingerprint density at radius 3 is 2.48 bits per heavy atom. The smallest absolute Gasteiger partial charge is 0.272 e. The second kappa shape index (κ2) is 7.91. The van der Waals surface area contributed by atoms with E-state index >= 15 is 0 Å². The van der Waals surface area contributed by atoms with Crippen molar-refractivity contribution in [2.24, 2.45) is 0 Å². The van der Waals surface area contributed by atoms with Gasteiger partial charge in [-0.3, -0.25) is 15.0 Å².